The SMILES string of the molecule is CCOc1ccc(C(=O)N(Cc2ccc(Cl)cc2)c2ccccn2)cc1. The molecule has 0 bridgehead atoms. The van der Waals surface area contributed by atoms with Crippen LogP contribution in [0.2, 0.25) is 5.02 Å². The van der Waals surface area contributed by atoms with E-state index in [4.69, 9.17) is 16.3 Å². The Balaban J connectivity index is 1.89. The molecule has 1 heterocycles. The number of hydrogen-bond acceptors (Lipinski definition) is 3. The van der Waals surface area contributed by atoms with Crippen molar-refractivity contribution in [3.63, 3.8) is 0 Å². The van der Waals surface area contributed by atoms with Gasteiger partial charge >= 0.3 is 0 Å². The monoisotopic (exact) mass is 366 g/mol. The van der Waals surface area contributed by atoms with Gasteiger partial charge in [-0.25, -0.2) is 4.98 Å². The van der Waals surface area contributed by atoms with Gasteiger partial charge in [0.15, 0.2) is 0 Å². The standard InChI is InChI=1S/C21H19ClN2O2/c1-2-26-19-12-8-17(9-13-19)21(25)24(20-5-3-4-14-23-20)15-16-6-10-18(22)11-7-16/h3-14H,2,15H2,1H3. The van der Waals surface area contributed by atoms with Gasteiger partial charge in [-0.2, -0.15) is 0 Å². The minimum absolute atomic E-state index is 0.123. The van der Waals surface area contributed by atoms with Crippen molar-refractivity contribution in [2.45, 2.75) is 13.5 Å². The van der Waals surface area contributed by atoms with E-state index in [2.05, 4.69) is 4.98 Å². The van der Waals surface area contributed by atoms with Gasteiger partial charge in [0.25, 0.3) is 5.91 Å². The van der Waals surface area contributed by atoms with Gasteiger partial charge in [0.05, 0.1) is 13.2 Å². The first kappa shape index (κ1) is 18.0. The molecule has 4 nitrogen and oxygen atoms in total. The van der Waals surface area contributed by atoms with Crippen LogP contribution in [0.5, 0.6) is 5.75 Å². The molecule has 0 radical (unpaired) electrons. The van der Waals surface area contributed by atoms with Crippen LogP contribution < -0.4 is 9.64 Å². The molecule has 2 aromatic carbocycles. The predicted molar refractivity (Wildman–Crippen MR) is 104 cm³/mol. The van der Waals surface area contributed by atoms with Gasteiger partial charge in [-0.05, 0) is 61.0 Å². The smallest absolute Gasteiger partial charge is 0.259 e. The summed E-state index contributed by atoms with van der Waals surface area (Å²) in [4.78, 5) is 19.1. The molecule has 0 N–H and O–H groups in total. The number of ether oxygens (including phenoxy) is 1. The number of carbonyl (C=O) groups is 1. The summed E-state index contributed by atoms with van der Waals surface area (Å²) in [6.07, 6.45) is 1.68. The minimum atomic E-state index is -0.123. The average Bonchev–Trinajstić information content (AvgIpc) is 2.68. The zero-order valence-electron chi connectivity index (χ0n) is 14.4. The highest BCUT2D eigenvalue weighted by atomic mass is 35.5. The molecule has 0 saturated heterocycles. The van der Waals surface area contributed by atoms with E-state index in [0.717, 1.165) is 11.3 Å². The third-order valence-corrected chi connectivity index (χ3v) is 4.09. The van der Waals surface area contributed by atoms with Crippen molar-refractivity contribution in [3.8, 4) is 5.75 Å². The van der Waals surface area contributed by atoms with E-state index in [1.165, 1.54) is 0 Å². The largest absolute Gasteiger partial charge is 0.494 e. The van der Waals surface area contributed by atoms with Crippen LogP contribution in [0.1, 0.15) is 22.8 Å². The summed E-state index contributed by atoms with van der Waals surface area (Å²) in [7, 11) is 0. The third kappa shape index (κ3) is 4.41. The van der Waals surface area contributed by atoms with Crippen molar-refractivity contribution in [3.05, 3.63) is 89.1 Å². The molecule has 0 aliphatic rings. The van der Waals surface area contributed by atoms with Crippen LogP contribution in [0.25, 0.3) is 0 Å². The zero-order valence-corrected chi connectivity index (χ0v) is 15.2. The highest BCUT2D eigenvalue weighted by Gasteiger charge is 2.19. The second-order valence-corrected chi connectivity index (χ2v) is 6.10. The quantitative estimate of drug-likeness (QED) is 0.617. The van der Waals surface area contributed by atoms with Crippen molar-refractivity contribution in [2.75, 3.05) is 11.5 Å². The van der Waals surface area contributed by atoms with Crippen LogP contribution >= 0.6 is 11.6 Å². The lowest BCUT2D eigenvalue weighted by molar-refractivity contribution is 0.0984. The van der Waals surface area contributed by atoms with Crippen molar-refractivity contribution in [1.29, 1.82) is 0 Å². The second kappa shape index (κ2) is 8.50. The number of amides is 1. The molecule has 0 fully saturated rings. The number of pyridine rings is 1. The summed E-state index contributed by atoms with van der Waals surface area (Å²) < 4.78 is 5.44. The Hall–Kier alpha value is -2.85. The normalized spacial score (nSPS) is 10.4. The Labute approximate surface area is 158 Å². The van der Waals surface area contributed by atoms with E-state index < -0.39 is 0 Å². The molecule has 1 amide bonds. The van der Waals surface area contributed by atoms with Gasteiger partial charge in [-0.1, -0.05) is 29.8 Å². The summed E-state index contributed by atoms with van der Waals surface area (Å²) in [5.41, 5.74) is 1.55. The molecule has 0 unspecified atom stereocenters. The second-order valence-electron chi connectivity index (χ2n) is 5.66. The summed E-state index contributed by atoms with van der Waals surface area (Å²) in [6.45, 7) is 2.91. The third-order valence-electron chi connectivity index (χ3n) is 3.84. The summed E-state index contributed by atoms with van der Waals surface area (Å²) in [6, 6.07) is 20.1. The van der Waals surface area contributed by atoms with E-state index >= 15 is 0 Å². The van der Waals surface area contributed by atoms with Crippen LogP contribution in [0.15, 0.2) is 72.9 Å². The molecule has 26 heavy (non-hydrogen) atoms. The fraction of sp³-hybridized carbons (Fsp3) is 0.143. The molecular formula is C21H19ClN2O2. The van der Waals surface area contributed by atoms with Gasteiger partial charge in [-0.15, -0.1) is 0 Å². The van der Waals surface area contributed by atoms with Crippen molar-refractivity contribution in [1.82, 2.24) is 4.98 Å². The Morgan fingerprint density at radius 2 is 1.77 bits per heavy atom. The van der Waals surface area contributed by atoms with Crippen molar-refractivity contribution >= 4 is 23.3 Å². The molecule has 1 aromatic heterocycles. The Bertz CT molecular complexity index is 849. The van der Waals surface area contributed by atoms with Crippen molar-refractivity contribution < 1.29 is 9.53 Å². The molecule has 3 rings (SSSR count). The maximum Gasteiger partial charge on any atom is 0.259 e. The molecule has 0 aliphatic heterocycles. The van der Waals surface area contributed by atoms with Crippen molar-refractivity contribution in [2.24, 2.45) is 0 Å². The number of carbonyl (C=O) groups excluding carboxylic acids is 1. The van der Waals surface area contributed by atoms with Gasteiger partial charge < -0.3 is 4.74 Å². The fourth-order valence-corrected chi connectivity index (χ4v) is 2.68. The predicted octanol–water partition coefficient (Wildman–Crippen LogP) is 4.98. The number of rotatable bonds is 6. The summed E-state index contributed by atoms with van der Waals surface area (Å²) in [5.74, 6) is 1.22. The van der Waals surface area contributed by atoms with Crippen LogP contribution in [-0.4, -0.2) is 17.5 Å². The Morgan fingerprint density at radius 3 is 2.38 bits per heavy atom. The Kier molecular flexibility index (Phi) is 5.87. The number of halogens is 1. The number of hydrogen-bond donors (Lipinski definition) is 0. The summed E-state index contributed by atoms with van der Waals surface area (Å²) in [5, 5.41) is 0.663. The average molecular weight is 367 g/mol. The van der Waals surface area contributed by atoms with Gasteiger partial charge in [0.2, 0.25) is 0 Å². The zero-order chi connectivity index (χ0) is 18.4. The van der Waals surface area contributed by atoms with Crippen LogP contribution in [0.3, 0.4) is 0 Å². The maximum absolute atomic E-state index is 13.1. The van der Waals surface area contributed by atoms with Crippen LogP contribution in [0.4, 0.5) is 5.82 Å². The first-order valence-corrected chi connectivity index (χ1v) is 8.75. The topological polar surface area (TPSA) is 42.4 Å². The lowest BCUT2D eigenvalue weighted by Crippen LogP contribution is -2.31. The fourth-order valence-electron chi connectivity index (χ4n) is 2.56. The molecule has 0 aliphatic carbocycles. The minimum Gasteiger partial charge on any atom is -0.494 e. The maximum atomic E-state index is 13.1. The van der Waals surface area contributed by atoms with Gasteiger partial charge in [-0.3, -0.25) is 9.69 Å². The van der Waals surface area contributed by atoms with Gasteiger partial charge in [0.1, 0.15) is 11.6 Å². The molecule has 0 saturated carbocycles. The first-order chi connectivity index (χ1) is 12.7. The highest BCUT2D eigenvalue weighted by molar-refractivity contribution is 6.30. The van der Waals surface area contributed by atoms with Crippen LogP contribution in [-0.2, 0) is 6.54 Å². The lowest BCUT2D eigenvalue weighted by Gasteiger charge is -2.22. The number of anilines is 1. The molecule has 5 heteroatoms. The first-order valence-electron chi connectivity index (χ1n) is 8.37. The van der Waals surface area contributed by atoms with E-state index in [1.54, 1.807) is 35.4 Å². The molecule has 0 atom stereocenters. The molecule has 132 valence electrons. The van der Waals surface area contributed by atoms with Gasteiger partial charge in [0, 0.05) is 16.8 Å². The molecule has 0 spiro atoms. The number of nitrogens with zero attached hydrogens (tertiary/aromatic N) is 2. The number of aromatic nitrogens is 1. The highest BCUT2D eigenvalue weighted by Crippen LogP contribution is 2.20. The van der Waals surface area contributed by atoms with Crippen LogP contribution in [0, 0.1) is 0 Å². The molecular weight excluding hydrogens is 348 g/mol. The van der Waals surface area contributed by atoms with E-state index in [-0.39, 0.29) is 5.91 Å². The van der Waals surface area contributed by atoms with E-state index in [9.17, 15) is 4.79 Å². The van der Waals surface area contributed by atoms with E-state index in [0.29, 0.717) is 29.6 Å². The number of benzene rings is 2. The lowest BCUT2D eigenvalue weighted by atomic mass is 10.1. The molecule has 3 aromatic rings. The Morgan fingerprint density at radius 1 is 1.04 bits per heavy atom. The van der Waals surface area contributed by atoms with E-state index in [1.807, 2.05) is 49.4 Å². The summed E-state index contributed by atoms with van der Waals surface area (Å²) >= 11 is 5.96.